The zero-order valence-electron chi connectivity index (χ0n) is 20.8. The van der Waals surface area contributed by atoms with Gasteiger partial charge in [-0.3, -0.25) is 4.57 Å². The van der Waals surface area contributed by atoms with Crippen LogP contribution in [0.1, 0.15) is 16.8 Å². The molecule has 0 aliphatic rings. The maximum Gasteiger partial charge on any atom is 0.216 e. The van der Waals surface area contributed by atoms with Crippen molar-refractivity contribution in [3.05, 3.63) is 102 Å². The van der Waals surface area contributed by atoms with Crippen molar-refractivity contribution in [1.82, 2.24) is 9.55 Å². The number of rotatable bonds is 2. The van der Waals surface area contributed by atoms with Crippen LogP contribution in [0.4, 0.5) is 0 Å². The first-order valence-corrected chi connectivity index (χ1v) is 12.3. The van der Waals surface area contributed by atoms with Crippen LogP contribution in [0.3, 0.4) is 0 Å². The van der Waals surface area contributed by atoms with Crippen LogP contribution in [0.2, 0.25) is 0 Å². The van der Waals surface area contributed by atoms with Gasteiger partial charge in [-0.25, -0.2) is 9.55 Å². The number of hydrogen-bond acceptors (Lipinski definition) is 3. The Hall–Kier alpha value is -4.95. The Morgan fingerprint density at radius 1 is 0.811 bits per heavy atom. The van der Waals surface area contributed by atoms with Crippen LogP contribution in [0.25, 0.3) is 60.8 Å². The molecule has 5 heteroatoms. The van der Waals surface area contributed by atoms with Gasteiger partial charge in [0.05, 0.1) is 16.6 Å². The van der Waals surface area contributed by atoms with Crippen molar-refractivity contribution in [3.63, 3.8) is 0 Å². The van der Waals surface area contributed by atoms with Gasteiger partial charge >= 0.3 is 0 Å². The first kappa shape index (κ1) is 21.3. The summed E-state index contributed by atoms with van der Waals surface area (Å²) in [6, 6.07) is 29.1. The van der Waals surface area contributed by atoms with Gasteiger partial charge in [-0.15, -0.1) is 0 Å². The SMILES string of the molecule is Cc1ccc2c3ccccc3n(-c3c(C#N)ccc4c3oc3c(-c5cccc[n+]5C)c(C)ccc34)c2n1. The Morgan fingerprint density at radius 2 is 1.57 bits per heavy atom. The summed E-state index contributed by atoms with van der Waals surface area (Å²) >= 11 is 0. The number of para-hydroxylation sites is 1. The minimum atomic E-state index is 0.543. The summed E-state index contributed by atoms with van der Waals surface area (Å²) in [5.41, 5.74) is 8.75. The molecule has 4 heterocycles. The highest BCUT2D eigenvalue weighted by Gasteiger charge is 2.25. The van der Waals surface area contributed by atoms with Crippen LogP contribution in [0.5, 0.6) is 0 Å². The molecule has 5 nitrogen and oxygen atoms in total. The van der Waals surface area contributed by atoms with Gasteiger partial charge in [-0.05, 0) is 55.8 Å². The number of pyridine rings is 2. The van der Waals surface area contributed by atoms with Gasteiger partial charge in [0.2, 0.25) is 5.69 Å². The molecule has 0 atom stereocenters. The summed E-state index contributed by atoms with van der Waals surface area (Å²) in [5, 5.41) is 14.4. The summed E-state index contributed by atoms with van der Waals surface area (Å²) in [5.74, 6) is 0. The van der Waals surface area contributed by atoms with Crippen LogP contribution in [0, 0.1) is 25.2 Å². The van der Waals surface area contributed by atoms with Crippen LogP contribution in [0.15, 0.2) is 89.5 Å². The summed E-state index contributed by atoms with van der Waals surface area (Å²) in [7, 11) is 2.04. The number of aryl methyl sites for hydroxylation is 3. The van der Waals surface area contributed by atoms with Crippen LogP contribution < -0.4 is 4.57 Å². The summed E-state index contributed by atoms with van der Waals surface area (Å²) in [6.07, 6.45) is 2.04. The van der Waals surface area contributed by atoms with Gasteiger partial charge in [0, 0.05) is 39.4 Å². The highest BCUT2D eigenvalue weighted by molar-refractivity contribution is 6.14. The molecule has 0 aliphatic carbocycles. The van der Waals surface area contributed by atoms with E-state index in [4.69, 9.17) is 9.40 Å². The average Bonchev–Trinajstić information content (AvgIpc) is 3.44. The maximum absolute atomic E-state index is 10.2. The Morgan fingerprint density at radius 3 is 2.41 bits per heavy atom. The lowest BCUT2D eigenvalue weighted by Gasteiger charge is -2.10. The van der Waals surface area contributed by atoms with Crippen molar-refractivity contribution in [3.8, 4) is 23.0 Å². The molecule has 0 N–H and O–H groups in total. The minimum Gasteiger partial charge on any atom is -0.453 e. The lowest BCUT2D eigenvalue weighted by molar-refractivity contribution is -0.660. The molecule has 0 spiro atoms. The van der Waals surface area contributed by atoms with Crippen molar-refractivity contribution in [1.29, 1.82) is 5.26 Å². The van der Waals surface area contributed by atoms with Crippen LogP contribution in [-0.4, -0.2) is 9.55 Å². The molecular formula is C32H23N4O+. The number of nitrogens with zero attached hydrogens (tertiary/aromatic N) is 4. The third kappa shape index (κ3) is 2.96. The second-order valence-corrected chi connectivity index (χ2v) is 9.56. The molecule has 0 saturated carbocycles. The lowest BCUT2D eigenvalue weighted by Crippen LogP contribution is -2.30. The molecule has 0 bridgehead atoms. The number of hydrogen-bond donors (Lipinski definition) is 0. The fraction of sp³-hybridized carbons (Fsp3) is 0.0938. The Balaban J connectivity index is 1.68. The summed E-state index contributed by atoms with van der Waals surface area (Å²) in [4.78, 5) is 4.92. The van der Waals surface area contributed by atoms with E-state index in [9.17, 15) is 5.26 Å². The van der Waals surface area contributed by atoms with Crippen molar-refractivity contribution in [2.75, 3.05) is 0 Å². The molecule has 0 unspecified atom stereocenters. The van der Waals surface area contributed by atoms with Crippen LogP contribution >= 0.6 is 0 Å². The summed E-state index contributed by atoms with van der Waals surface area (Å²) < 4.78 is 11.0. The minimum absolute atomic E-state index is 0.543. The predicted octanol–water partition coefficient (Wildman–Crippen LogP) is 7.06. The average molecular weight is 480 g/mol. The normalized spacial score (nSPS) is 11.6. The third-order valence-corrected chi connectivity index (χ3v) is 7.31. The van der Waals surface area contributed by atoms with Crippen molar-refractivity contribution in [2.45, 2.75) is 13.8 Å². The van der Waals surface area contributed by atoms with Gasteiger partial charge in [-0.1, -0.05) is 30.3 Å². The molecule has 0 fully saturated rings. The standard InChI is InChI=1S/C32H23N4O/c1-19-11-14-23-24-16-13-21(18-33)29(31(24)37-30(23)28(19)27-10-6-7-17-35(27)3)36-26-9-5-4-8-22(26)25-15-12-20(2)34-32(25)36/h4-17H,1-3H3/q+1. The van der Waals surface area contributed by atoms with Gasteiger partial charge < -0.3 is 4.42 Å². The van der Waals surface area contributed by atoms with E-state index in [1.54, 1.807) is 0 Å². The molecule has 7 rings (SSSR count). The van der Waals surface area contributed by atoms with E-state index in [2.05, 4.69) is 58.5 Å². The number of benzene rings is 3. The van der Waals surface area contributed by atoms with E-state index in [-0.39, 0.29) is 0 Å². The molecule has 4 aromatic heterocycles. The van der Waals surface area contributed by atoms with Gasteiger partial charge in [0.1, 0.15) is 30.0 Å². The highest BCUT2D eigenvalue weighted by Crippen LogP contribution is 2.42. The second kappa shape index (κ2) is 7.78. The van der Waals surface area contributed by atoms with E-state index >= 15 is 0 Å². The van der Waals surface area contributed by atoms with E-state index < -0.39 is 0 Å². The molecule has 0 aliphatic heterocycles. The van der Waals surface area contributed by atoms with Gasteiger partial charge in [-0.2, -0.15) is 5.26 Å². The summed E-state index contributed by atoms with van der Waals surface area (Å²) in [6.45, 7) is 4.10. The third-order valence-electron chi connectivity index (χ3n) is 7.31. The largest absolute Gasteiger partial charge is 0.453 e. The van der Waals surface area contributed by atoms with E-state index in [0.29, 0.717) is 11.1 Å². The zero-order chi connectivity index (χ0) is 25.3. The molecule has 3 aromatic carbocycles. The number of aromatic nitrogens is 3. The maximum atomic E-state index is 10.2. The molecule has 0 radical (unpaired) electrons. The van der Waals surface area contributed by atoms with E-state index in [1.807, 2.05) is 62.6 Å². The zero-order valence-corrected chi connectivity index (χ0v) is 20.8. The lowest BCUT2D eigenvalue weighted by atomic mass is 10.00. The van der Waals surface area contributed by atoms with E-state index in [0.717, 1.165) is 66.5 Å². The Kier molecular flexibility index (Phi) is 4.49. The topological polar surface area (TPSA) is 58.6 Å². The second-order valence-electron chi connectivity index (χ2n) is 9.56. The molecule has 0 saturated heterocycles. The fourth-order valence-corrected chi connectivity index (χ4v) is 5.56. The number of fused-ring (bicyclic) bond motifs is 6. The van der Waals surface area contributed by atoms with Crippen molar-refractivity contribution in [2.24, 2.45) is 7.05 Å². The number of furan rings is 1. The monoisotopic (exact) mass is 479 g/mol. The molecular weight excluding hydrogens is 456 g/mol. The van der Waals surface area contributed by atoms with Crippen LogP contribution in [-0.2, 0) is 7.05 Å². The highest BCUT2D eigenvalue weighted by atomic mass is 16.3. The first-order valence-electron chi connectivity index (χ1n) is 12.3. The molecule has 7 aromatic rings. The quantitative estimate of drug-likeness (QED) is 0.250. The predicted molar refractivity (Wildman–Crippen MR) is 147 cm³/mol. The van der Waals surface area contributed by atoms with Gasteiger partial charge in [0.15, 0.2) is 11.8 Å². The molecule has 37 heavy (non-hydrogen) atoms. The van der Waals surface area contributed by atoms with E-state index in [1.165, 1.54) is 0 Å². The molecule has 0 amide bonds. The number of nitriles is 1. The Labute approximate surface area is 213 Å². The van der Waals surface area contributed by atoms with Crippen molar-refractivity contribution < 1.29 is 8.98 Å². The Bertz CT molecular complexity index is 2090. The first-order chi connectivity index (χ1) is 18.1. The van der Waals surface area contributed by atoms with Crippen molar-refractivity contribution >= 4 is 43.9 Å². The molecule has 176 valence electrons. The van der Waals surface area contributed by atoms with Gasteiger partial charge in [0.25, 0.3) is 0 Å². The fourth-order valence-electron chi connectivity index (χ4n) is 5.56. The smallest absolute Gasteiger partial charge is 0.216 e.